The number of halogens is 1. The fourth-order valence-electron chi connectivity index (χ4n) is 2.86. The Morgan fingerprint density at radius 2 is 1.83 bits per heavy atom. The third kappa shape index (κ3) is 5.83. The molecular weight excluding hydrogens is 483 g/mol. The molecule has 152 valence electrons. The first-order valence-electron chi connectivity index (χ1n) is 9.13. The molecule has 4 rings (SSSR count). The SMILES string of the molecule is I.NC(=NCc1ccc(Cn2cncn2)cc1)Nc1ccc2c(c1)OCCCO2. The number of ether oxygens (including phenoxy) is 2. The molecular formula is C20H23IN6O2. The molecule has 1 aliphatic rings. The zero-order valence-electron chi connectivity index (χ0n) is 15.8. The van der Waals surface area contributed by atoms with Crippen LogP contribution in [0.3, 0.4) is 0 Å². The fourth-order valence-corrected chi connectivity index (χ4v) is 2.86. The van der Waals surface area contributed by atoms with E-state index in [9.17, 15) is 0 Å². The van der Waals surface area contributed by atoms with Crippen molar-refractivity contribution in [3.63, 3.8) is 0 Å². The lowest BCUT2D eigenvalue weighted by Gasteiger charge is -2.11. The minimum atomic E-state index is 0. The van der Waals surface area contributed by atoms with Gasteiger partial charge in [0.25, 0.3) is 0 Å². The molecule has 8 nitrogen and oxygen atoms in total. The van der Waals surface area contributed by atoms with Crippen molar-refractivity contribution >= 4 is 35.6 Å². The molecule has 0 fully saturated rings. The zero-order chi connectivity index (χ0) is 19.2. The minimum absolute atomic E-state index is 0. The van der Waals surface area contributed by atoms with Gasteiger partial charge in [0.1, 0.15) is 12.7 Å². The molecule has 1 aliphatic heterocycles. The molecule has 3 aromatic rings. The smallest absolute Gasteiger partial charge is 0.193 e. The van der Waals surface area contributed by atoms with E-state index < -0.39 is 0 Å². The highest BCUT2D eigenvalue weighted by Gasteiger charge is 2.10. The Morgan fingerprint density at radius 1 is 1.07 bits per heavy atom. The lowest BCUT2D eigenvalue weighted by atomic mass is 10.1. The number of nitrogens with zero attached hydrogens (tertiary/aromatic N) is 4. The van der Waals surface area contributed by atoms with E-state index in [0.717, 1.165) is 34.7 Å². The van der Waals surface area contributed by atoms with Crippen molar-refractivity contribution in [3.8, 4) is 11.5 Å². The Balaban J connectivity index is 0.00000240. The second-order valence-electron chi connectivity index (χ2n) is 6.45. The third-order valence-corrected chi connectivity index (χ3v) is 4.29. The number of benzene rings is 2. The molecule has 3 N–H and O–H groups in total. The maximum absolute atomic E-state index is 6.03. The van der Waals surface area contributed by atoms with Crippen LogP contribution in [0.4, 0.5) is 5.69 Å². The van der Waals surface area contributed by atoms with Crippen LogP contribution in [0.15, 0.2) is 60.1 Å². The van der Waals surface area contributed by atoms with Crippen molar-refractivity contribution < 1.29 is 9.47 Å². The summed E-state index contributed by atoms with van der Waals surface area (Å²) < 4.78 is 13.1. The van der Waals surface area contributed by atoms with Crippen LogP contribution in [0.1, 0.15) is 17.5 Å². The van der Waals surface area contributed by atoms with Crippen LogP contribution >= 0.6 is 24.0 Å². The Bertz CT molecular complexity index is 944. The highest BCUT2D eigenvalue weighted by molar-refractivity contribution is 14.0. The standard InChI is InChI=1S/C20H22N6O2.HI/c21-20(25-17-6-7-18-19(10-17)28-9-1-8-27-18)23-11-15-2-4-16(5-3-15)12-26-14-22-13-24-26;/h2-7,10,13-14H,1,8-9,11-12H2,(H3,21,23,25);1H. The quantitative estimate of drug-likeness (QED) is 0.314. The van der Waals surface area contributed by atoms with Gasteiger partial charge in [-0.1, -0.05) is 24.3 Å². The lowest BCUT2D eigenvalue weighted by molar-refractivity contribution is 0.297. The van der Waals surface area contributed by atoms with Crippen molar-refractivity contribution in [2.75, 3.05) is 18.5 Å². The van der Waals surface area contributed by atoms with E-state index in [1.807, 2.05) is 30.3 Å². The van der Waals surface area contributed by atoms with Gasteiger partial charge in [0.05, 0.1) is 26.3 Å². The van der Waals surface area contributed by atoms with Gasteiger partial charge in [-0.25, -0.2) is 14.7 Å². The molecule has 0 atom stereocenters. The van der Waals surface area contributed by atoms with E-state index in [-0.39, 0.29) is 24.0 Å². The van der Waals surface area contributed by atoms with Gasteiger partial charge < -0.3 is 20.5 Å². The third-order valence-electron chi connectivity index (χ3n) is 4.29. The van der Waals surface area contributed by atoms with Gasteiger partial charge in [-0.05, 0) is 23.3 Å². The lowest BCUT2D eigenvalue weighted by Crippen LogP contribution is -2.22. The monoisotopic (exact) mass is 506 g/mol. The first-order valence-corrected chi connectivity index (χ1v) is 9.13. The molecule has 0 saturated carbocycles. The number of aliphatic imine (C=N–C) groups is 1. The first kappa shape index (κ1) is 20.9. The number of fused-ring (bicyclic) bond motifs is 1. The Kier molecular flexibility index (Phi) is 7.28. The number of nitrogens with two attached hydrogens (primary N) is 1. The highest BCUT2D eigenvalue weighted by Crippen LogP contribution is 2.32. The van der Waals surface area contributed by atoms with Gasteiger partial charge in [0, 0.05) is 18.2 Å². The Morgan fingerprint density at radius 3 is 2.59 bits per heavy atom. The summed E-state index contributed by atoms with van der Waals surface area (Å²) in [6.45, 7) is 2.50. The van der Waals surface area contributed by atoms with E-state index in [4.69, 9.17) is 15.2 Å². The average molecular weight is 506 g/mol. The summed E-state index contributed by atoms with van der Waals surface area (Å²) in [6, 6.07) is 13.8. The van der Waals surface area contributed by atoms with Crippen LogP contribution in [0.25, 0.3) is 0 Å². The molecule has 2 heterocycles. The number of nitrogens with one attached hydrogen (secondary N) is 1. The van der Waals surface area contributed by atoms with Gasteiger partial charge in [0.15, 0.2) is 17.5 Å². The van der Waals surface area contributed by atoms with E-state index in [1.54, 1.807) is 11.0 Å². The van der Waals surface area contributed by atoms with Crippen molar-refractivity contribution in [1.29, 1.82) is 0 Å². The van der Waals surface area contributed by atoms with Crippen LogP contribution in [0, 0.1) is 0 Å². The van der Waals surface area contributed by atoms with E-state index in [1.165, 1.54) is 6.33 Å². The molecule has 29 heavy (non-hydrogen) atoms. The summed E-state index contributed by atoms with van der Waals surface area (Å²) in [6.07, 6.45) is 4.10. The van der Waals surface area contributed by atoms with Crippen LogP contribution in [-0.4, -0.2) is 33.9 Å². The average Bonchev–Trinajstić information content (AvgIpc) is 3.10. The number of hydrogen-bond acceptors (Lipinski definition) is 5. The fraction of sp³-hybridized carbons (Fsp3) is 0.250. The minimum Gasteiger partial charge on any atom is -0.490 e. The van der Waals surface area contributed by atoms with Gasteiger partial charge in [-0.2, -0.15) is 5.10 Å². The molecule has 0 radical (unpaired) electrons. The summed E-state index contributed by atoms with van der Waals surface area (Å²) >= 11 is 0. The molecule has 0 amide bonds. The van der Waals surface area contributed by atoms with E-state index >= 15 is 0 Å². The maximum Gasteiger partial charge on any atom is 0.193 e. The number of rotatable bonds is 5. The van der Waals surface area contributed by atoms with Crippen molar-refractivity contribution in [1.82, 2.24) is 14.8 Å². The number of anilines is 1. The summed E-state index contributed by atoms with van der Waals surface area (Å²) in [4.78, 5) is 8.36. The van der Waals surface area contributed by atoms with Gasteiger partial charge >= 0.3 is 0 Å². The van der Waals surface area contributed by atoms with Gasteiger partial charge in [-0.15, -0.1) is 24.0 Å². The Labute approximate surface area is 186 Å². The second-order valence-corrected chi connectivity index (χ2v) is 6.45. The predicted molar refractivity (Wildman–Crippen MR) is 122 cm³/mol. The van der Waals surface area contributed by atoms with Crippen molar-refractivity contribution in [2.45, 2.75) is 19.5 Å². The van der Waals surface area contributed by atoms with Crippen molar-refractivity contribution in [3.05, 3.63) is 66.2 Å². The molecule has 0 spiro atoms. The number of guanidine groups is 1. The van der Waals surface area contributed by atoms with Crippen LogP contribution < -0.4 is 20.5 Å². The van der Waals surface area contributed by atoms with E-state index in [0.29, 0.717) is 32.3 Å². The molecule has 0 aliphatic carbocycles. The molecule has 2 aromatic carbocycles. The first-order chi connectivity index (χ1) is 13.8. The summed E-state index contributed by atoms with van der Waals surface area (Å²) in [5.74, 6) is 1.82. The second kappa shape index (κ2) is 10.1. The molecule has 0 bridgehead atoms. The maximum atomic E-state index is 6.03. The largest absolute Gasteiger partial charge is 0.490 e. The molecule has 1 aromatic heterocycles. The molecule has 0 unspecified atom stereocenters. The topological polar surface area (TPSA) is 99.6 Å². The van der Waals surface area contributed by atoms with Gasteiger partial charge in [0.2, 0.25) is 0 Å². The zero-order valence-corrected chi connectivity index (χ0v) is 18.2. The summed E-state index contributed by atoms with van der Waals surface area (Å²) in [5.41, 5.74) is 9.07. The summed E-state index contributed by atoms with van der Waals surface area (Å²) in [7, 11) is 0. The molecule has 9 heteroatoms. The predicted octanol–water partition coefficient (Wildman–Crippen LogP) is 3.03. The van der Waals surface area contributed by atoms with Crippen molar-refractivity contribution in [2.24, 2.45) is 10.7 Å². The highest BCUT2D eigenvalue weighted by atomic mass is 127. The van der Waals surface area contributed by atoms with Crippen LogP contribution in [0.5, 0.6) is 11.5 Å². The van der Waals surface area contributed by atoms with E-state index in [2.05, 4.69) is 32.5 Å². The normalized spacial score (nSPS) is 13.3. The van der Waals surface area contributed by atoms with Crippen LogP contribution in [0.2, 0.25) is 0 Å². The summed E-state index contributed by atoms with van der Waals surface area (Å²) in [5, 5.41) is 7.20. The number of aromatic nitrogens is 3. The molecule has 0 saturated heterocycles. The number of hydrogen-bond donors (Lipinski definition) is 2. The van der Waals surface area contributed by atoms with Gasteiger partial charge in [-0.3, -0.25) is 0 Å². The Hall–Kier alpha value is -2.82. The van der Waals surface area contributed by atoms with Crippen LogP contribution in [-0.2, 0) is 13.1 Å².